The van der Waals surface area contributed by atoms with E-state index in [1.807, 2.05) is 25.1 Å². The van der Waals surface area contributed by atoms with Crippen LogP contribution in [0.2, 0.25) is 0 Å². The highest BCUT2D eigenvalue weighted by Crippen LogP contribution is 2.37. The number of ether oxygens (including phenoxy) is 1. The highest BCUT2D eigenvalue weighted by molar-refractivity contribution is 5.67. The van der Waals surface area contributed by atoms with Crippen LogP contribution in [0.15, 0.2) is 48.5 Å². The Morgan fingerprint density at radius 3 is 2.52 bits per heavy atom. The van der Waals surface area contributed by atoms with E-state index >= 15 is 0 Å². The first-order valence-electron chi connectivity index (χ1n) is 8.05. The second-order valence-corrected chi connectivity index (χ2v) is 5.80. The quantitative estimate of drug-likeness (QED) is 0.702. The molecule has 1 nitrogen and oxygen atoms in total. The van der Waals surface area contributed by atoms with Crippen LogP contribution >= 0.6 is 0 Å². The van der Waals surface area contributed by atoms with Crippen LogP contribution in [0.3, 0.4) is 0 Å². The molecule has 0 radical (unpaired) electrons. The third-order valence-electron chi connectivity index (χ3n) is 4.37. The molecule has 0 amide bonds. The van der Waals surface area contributed by atoms with Gasteiger partial charge in [-0.05, 0) is 61.4 Å². The third-order valence-corrected chi connectivity index (χ3v) is 4.37. The molecule has 1 aliphatic rings. The fraction of sp³-hybridized carbons (Fsp3) is 0.300. The fourth-order valence-electron chi connectivity index (χ4n) is 3.14. The summed E-state index contributed by atoms with van der Waals surface area (Å²) >= 11 is 0. The standard InChI is InChI=1S/C20H20F2O/c1-2-23-17-12-10-15(11-13-17)14-6-8-16(9-7-14)18-4-3-5-19(21)20(18)22/h3-5,8,10-14H,2,6-7,9H2,1H3. The normalized spacial score (nSPS) is 17.7. The molecule has 0 saturated heterocycles. The lowest BCUT2D eigenvalue weighted by molar-refractivity contribution is 0.340. The van der Waals surface area contributed by atoms with Gasteiger partial charge in [0.05, 0.1) is 6.61 Å². The van der Waals surface area contributed by atoms with Crippen molar-refractivity contribution in [1.29, 1.82) is 0 Å². The molecular weight excluding hydrogens is 294 g/mol. The fourth-order valence-corrected chi connectivity index (χ4v) is 3.14. The van der Waals surface area contributed by atoms with E-state index in [9.17, 15) is 8.78 Å². The summed E-state index contributed by atoms with van der Waals surface area (Å²) in [5.41, 5.74) is 2.57. The van der Waals surface area contributed by atoms with E-state index in [4.69, 9.17) is 4.74 Å². The van der Waals surface area contributed by atoms with Gasteiger partial charge in [-0.3, -0.25) is 0 Å². The largest absolute Gasteiger partial charge is 0.494 e. The van der Waals surface area contributed by atoms with Crippen molar-refractivity contribution in [3.05, 3.63) is 71.3 Å². The van der Waals surface area contributed by atoms with Gasteiger partial charge in [-0.25, -0.2) is 8.78 Å². The molecule has 0 aliphatic heterocycles. The maximum Gasteiger partial charge on any atom is 0.166 e. The van der Waals surface area contributed by atoms with Crippen LogP contribution in [0.5, 0.6) is 5.75 Å². The van der Waals surface area contributed by atoms with E-state index in [1.165, 1.54) is 5.56 Å². The average molecular weight is 314 g/mol. The van der Waals surface area contributed by atoms with Crippen LogP contribution in [0, 0.1) is 11.6 Å². The summed E-state index contributed by atoms with van der Waals surface area (Å²) in [5, 5.41) is 0. The minimum Gasteiger partial charge on any atom is -0.494 e. The van der Waals surface area contributed by atoms with E-state index in [0.717, 1.165) is 36.7 Å². The van der Waals surface area contributed by atoms with E-state index in [1.54, 1.807) is 12.1 Å². The summed E-state index contributed by atoms with van der Waals surface area (Å²) in [6, 6.07) is 12.5. The summed E-state index contributed by atoms with van der Waals surface area (Å²) in [6.07, 6.45) is 4.59. The number of benzene rings is 2. The van der Waals surface area contributed by atoms with E-state index in [0.29, 0.717) is 18.1 Å². The van der Waals surface area contributed by atoms with Crippen LogP contribution in [0.25, 0.3) is 5.57 Å². The van der Waals surface area contributed by atoms with Crippen molar-refractivity contribution in [2.24, 2.45) is 0 Å². The molecule has 0 aromatic heterocycles. The monoisotopic (exact) mass is 314 g/mol. The molecule has 0 heterocycles. The van der Waals surface area contributed by atoms with Crippen LogP contribution in [-0.4, -0.2) is 6.61 Å². The van der Waals surface area contributed by atoms with Crippen LogP contribution in [0.1, 0.15) is 43.2 Å². The zero-order valence-electron chi connectivity index (χ0n) is 13.2. The number of hydrogen-bond acceptors (Lipinski definition) is 1. The molecule has 0 saturated carbocycles. The maximum absolute atomic E-state index is 13.9. The van der Waals surface area contributed by atoms with Gasteiger partial charge in [0, 0.05) is 5.56 Å². The van der Waals surface area contributed by atoms with Crippen molar-refractivity contribution in [3.63, 3.8) is 0 Å². The minimum atomic E-state index is -0.781. The average Bonchev–Trinajstić information content (AvgIpc) is 2.59. The van der Waals surface area contributed by atoms with Gasteiger partial charge in [0.25, 0.3) is 0 Å². The molecule has 3 heteroatoms. The second kappa shape index (κ2) is 6.95. The first-order valence-corrected chi connectivity index (χ1v) is 8.05. The Balaban J connectivity index is 1.74. The van der Waals surface area contributed by atoms with Gasteiger partial charge >= 0.3 is 0 Å². The smallest absolute Gasteiger partial charge is 0.166 e. The Kier molecular flexibility index (Phi) is 4.75. The van der Waals surface area contributed by atoms with Crippen LogP contribution in [0.4, 0.5) is 8.78 Å². The Labute approximate surface area is 135 Å². The third kappa shape index (κ3) is 3.44. The molecule has 0 bridgehead atoms. The Bertz CT molecular complexity index is 704. The first-order chi connectivity index (χ1) is 11.2. The number of allylic oxidation sites excluding steroid dienone is 2. The second-order valence-electron chi connectivity index (χ2n) is 5.80. The Morgan fingerprint density at radius 1 is 1.09 bits per heavy atom. The summed E-state index contributed by atoms with van der Waals surface area (Å²) < 4.78 is 32.7. The lowest BCUT2D eigenvalue weighted by Gasteiger charge is -2.23. The molecule has 2 aromatic rings. The zero-order valence-corrected chi connectivity index (χ0v) is 13.2. The van der Waals surface area contributed by atoms with Crippen LogP contribution < -0.4 is 4.74 Å². The van der Waals surface area contributed by atoms with Crippen molar-refractivity contribution < 1.29 is 13.5 Å². The predicted octanol–water partition coefficient (Wildman–Crippen LogP) is 5.71. The Morgan fingerprint density at radius 2 is 1.87 bits per heavy atom. The molecule has 23 heavy (non-hydrogen) atoms. The van der Waals surface area contributed by atoms with E-state index < -0.39 is 11.6 Å². The number of halogens is 2. The highest BCUT2D eigenvalue weighted by atomic mass is 19.2. The van der Waals surface area contributed by atoms with Crippen molar-refractivity contribution in [2.75, 3.05) is 6.61 Å². The van der Waals surface area contributed by atoms with E-state index in [2.05, 4.69) is 12.1 Å². The molecule has 1 aliphatic carbocycles. The number of rotatable bonds is 4. The Hall–Kier alpha value is -2.16. The maximum atomic E-state index is 13.9. The molecule has 1 atom stereocenters. The van der Waals surface area contributed by atoms with Crippen molar-refractivity contribution in [1.82, 2.24) is 0 Å². The van der Waals surface area contributed by atoms with Gasteiger partial charge in [0.2, 0.25) is 0 Å². The number of hydrogen-bond donors (Lipinski definition) is 0. The molecule has 0 fully saturated rings. The highest BCUT2D eigenvalue weighted by Gasteiger charge is 2.20. The van der Waals surface area contributed by atoms with Gasteiger partial charge in [0.1, 0.15) is 5.75 Å². The van der Waals surface area contributed by atoms with Gasteiger partial charge in [-0.1, -0.05) is 30.3 Å². The summed E-state index contributed by atoms with van der Waals surface area (Å²) in [7, 11) is 0. The lowest BCUT2D eigenvalue weighted by atomic mass is 9.82. The summed E-state index contributed by atoms with van der Waals surface area (Å²) in [5.74, 6) is -0.216. The van der Waals surface area contributed by atoms with Gasteiger partial charge in [-0.15, -0.1) is 0 Å². The molecule has 2 aromatic carbocycles. The van der Waals surface area contributed by atoms with Crippen molar-refractivity contribution >= 4 is 5.57 Å². The lowest BCUT2D eigenvalue weighted by Crippen LogP contribution is -2.05. The van der Waals surface area contributed by atoms with Gasteiger partial charge in [-0.2, -0.15) is 0 Å². The van der Waals surface area contributed by atoms with Gasteiger partial charge < -0.3 is 4.74 Å². The molecule has 3 rings (SSSR count). The van der Waals surface area contributed by atoms with Crippen LogP contribution in [-0.2, 0) is 0 Å². The van der Waals surface area contributed by atoms with Gasteiger partial charge in [0.15, 0.2) is 11.6 Å². The first kappa shape index (κ1) is 15.7. The minimum absolute atomic E-state index is 0.398. The summed E-state index contributed by atoms with van der Waals surface area (Å²) in [4.78, 5) is 0. The molecular formula is C20H20F2O. The molecule has 120 valence electrons. The van der Waals surface area contributed by atoms with E-state index in [-0.39, 0.29) is 0 Å². The molecule has 0 N–H and O–H groups in total. The summed E-state index contributed by atoms with van der Waals surface area (Å²) in [6.45, 7) is 2.63. The SMILES string of the molecule is CCOc1ccc(C2CC=C(c3cccc(F)c3F)CC2)cc1. The molecule has 1 unspecified atom stereocenters. The zero-order chi connectivity index (χ0) is 16.2. The predicted molar refractivity (Wildman–Crippen MR) is 88.5 cm³/mol. The van der Waals surface area contributed by atoms with Crippen molar-refractivity contribution in [3.8, 4) is 5.75 Å². The topological polar surface area (TPSA) is 9.23 Å². The molecule has 0 spiro atoms. The van der Waals surface area contributed by atoms with Crippen molar-refractivity contribution in [2.45, 2.75) is 32.1 Å².